The smallest absolute Gasteiger partial charge is 0.312 e. The van der Waals surface area contributed by atoms with Gasteiger partial charge in [-0.05, 0) is 31.6 Å². The summed E-state index contributed by atoms with van der Waals surface area (Å²) in [6.45, 7) is 0.607. The van der Waals surface area contributed by atoms with Crippen LogP contribution in [0.1, 0.15) is 25.7 Å². The second-order valence-corrected chi connectivity index (χ2v) is 4.47. The summed E-state index contributed by atoms with van der Waals surface area (Å²) in [7, 11) is 0. The first-order valence-corrected chi connectivity index (χ1v) is 5.68. The largest absolute Gasteiger partial charge is 0.335 e. The predicted octanol–water partition coefficient (Wildman–Crippen LogP) is 0.0272. The van der Waals surface area contributed by atoms with E-state index in [1.807, 2.05) is 0 Å². The van der Waals surface area contributed by atoms with Gasteiger partial charge in [-0.1, -0.05) is 0 Å². The molecule has 0 bridgehead atoms. The Morgan fingerprint density at radius 1 is 1.31 bits per heavy atom. The van der Waals surface area contributed by atoms with Crippen molar-refractivity contribution in [2.45, 2.75) is 31.7 Å². The Labute approximate surface area is 94.4 Å². The number of nitrogens with zero attached hydrogens (tertiary/aromatic N) is 2. The maximum atomic E-state index is 11.8. The van der Waals surface area contributed by atoms with Gasteiger partial charge in [0, 0.05) is 12.6 Å². The maximum Gasteiger partial charge on any atom is 0.312 e. The van der Waals surface area contributed by atoms with Crippen molar-refractivity contribution in [3.63, 3.8) is 0 Å². The molecule has 5 heteroatoms. The first-order chi connectivity index (χ1) is 7.72. The number of hydrogen-bond donors (Lipinski definition) is 1. The van der Waals surface area contributed by atoms with Gasteiger partial charge in [-0.15, -0.1) is 0 Å². The van der Waals surface area contributed by atoms with E-state index < -0.39 is 11.8 Å². The molecule has 0 atom stereocenters. The molecule has 0 spiro atoms. The van der Waals surface area contributed by atoms with Crippen LogP contribution in [0.3, 0.4) is 0 Å². The van der Waals surface area contributed by atoms with E-state index in [1.54, 1.807) is 11.0 Å². The van der Waals surface area contributed by atoms with Gasteiger partial charge < -0.3 is 10.2 Å². The van der Waals surface area contributed by atoms with Gasteiger partial charge in [0.1, 0.15) is 6.54 Å². The van der Waals surface area contributed by atoms with Crippen molar-refractivity contribution in [3.05, 3.63) is 0 Å². The molecule has 16 heavy (non-hydrogen) atoms. The minimum atomic E-state index is -0.644. The molecule has 2 amide bonds. The molecule has 0 aliphatic heterocycles. The van der Waals surface area contributed by atoms with E-state index >= 15 is 0 Å². The van der Waals surface area contributed by atoms with Gasteiger partial charge in [-0.25, -0.2) is 0 Å². The molecule has 0 radical (unpaired) electrons. The molecular weight excluding hydrogens is 206 g/mol. The van der Waals surface area contributed by atoms with Crippen molar-refractivity contribution >= 4 is 11.8 Å². The Morgan fingerprint density at radius 2 is 2.00 bits per heavy atom. The third-order valence-electron chi connectivity index (χ3n) is 2.92. The maximum absolute atomic E-state index is 11.8. The zero-order valence-corrected chi connectivity index (χ0v) is 9.11. The first kappa shape index (κ1) is 10.9. The highest BCUT2D eigenvalue weighted by atomic mass is 16.2. The lowest BCUT2D eigenvalue weighted by molar-refractivity contribution is -0.146. The topological polar surface area (TPSA) is 73.2 Å². The van der Waals surface area contributed by atoms with Gasteiger partial charge in [-0.3, -0.25) is 9.59 Å². The summed E-state index contributed by atoms with van der Waals surface area (Å²) in [6, 6.07) is 2.05. The molecule has 2 rings (SSSR count). The number of rotatable bonds is 4. The lowest BCUT2D eigenvalue weighted by atomic mass is 10.3. The van der Waals surface area contributed by atoms with Crippen LogP contribution >= 0.6 is 0 Å². The van der Waals surface area contributed by atoms with Crippen molar-refractivity contribution < 1.29 is 9.59 Å². The van der Waals surface area contributed by atoms with Crippen LogP contribution in [0.4, 0.5) is 0 Å². The monoisotopic (exact) mass is 221 g/mol. The number of carbonyl (C=O) groups excluding carboxylic acids is 2. The SMILES string of the molecule is N#CCNC(=O)C(=O)N(CC1CC1)C1CC1. The third kappa shape index (κ3) is 2.72. The van der Waals surface area contributed by atoms with E-state index in [9.17, 15) is 9.59 Å². The Kier molecular flexibility index (Phi) is 3.09. The Morgan fingerprint density at radius 3 is 2.50 bits per heavy atom. The molecule has 0 aromatic rings. The Balaban J connectivity index is 1.88. The lowest BCUT2D eigenvalue weighted by Gasteiger charge is -2.21. The molecule has 5 nitrogen and oxygen atoms in total. The van der Waals surface area contributed by atoms with Gasteiger partial charge in [0.2, 0.25) is 0 Å². The summed E-state index contributed by atoms with van der Waals surface area (Å²) < 4.78 is 0. The van der Waals surface area contributed by atoms with Gasteiger partial charge in [0.15, 0.2) is 0 Å². The summed E-state index contributed by atoms with van der Waals surface area (Å²) in [6.07, 6.45) is 4.33. The summed E-state index contributed by atoms with van der Waals surface area (Å²) >= 11 is 0. The van der Waals surface area contributed by atoms with Crippen LogP contribution in [-0.4, -0.2) is 35.8 Å². The highest BCUT2D eigenvalue weighted by Gasteiger charge is 2.38. The van der Waals surface area contributed by atoms with Crippen LogP contribution < -0.4 is 5.32 Å². The van der Waals surface area contributed by atoms with E-state index in [2.05, 4.69) is 5.32 Å². The normalized spacial score (nSPS) is 18.7. The summed E-state index contributed by atoms with van der Waals surface area (Å²) in [5, 5.41) is 10.6. The molecule has 2 saturated carbocycles. The zero-order chi connectivity index (χ0) is 11.5. The Bertz CT molecular complexity index is 340. The van der Waals surface area contributed by atoms with E-state index in [0.717, 1.165) is 25.7 Å². The van der Waals surface area contributed by atoms with Crippen LogP contribution in [0, 0.1) is 17.2 Å². The van der Waals surface area contributed by atoms with Crippen LogP contribution in [-0.2, 0) is 9.59 Å². The fourth-order valence-corrected chi connectivity index (χ4v) is 1.69. The van der Waals surface area contributed by atoms with E-state index in [1.165, 1.54) is 0 Å². The predicted molar refractivity (Wildman–Crippen MR) is 56.1 cm³/mol. The highest BCUT2D eigenvalue weighted by Crippen LogP contribution is 2.34. The summed E-state index contributed by atoms with van der Waals surface area (Å²) in [5.41, 5.74) is 0. The van der Waals surface area contributed by atoms with Crippen LogP contribution in [0.2, 0.25) is 0 Å². The average molecular weight is 221 g/mol. The van der Waals surface area contributed by atoms with Crippen molar-refractivity contribution in [1.29, 1.82) is 5.26 Å². The highest BCUT2D eigenvalue weighted by molar-refractivity contribution is 6.35. The number of nitriles is 1. The number of amides is 2. The van der Waals surface area contributed by atoms with Crippen LogP contribution in [0.15, 0.2) is 0 Å². The molecule has 0 aromatic heterocycles. The van der Waals surface area contributed by atoms with Gasteiger partial charge in [0.05, 0.1) is 6.07 Å². The molecule has 0 aromatic carbocycles. The van der Waals surface area contributed by atoms with Crippen molar-refractivity contribution in [3.8, 4) is 6.07 Å². The minimum Gasteiger partial charge on any atom is -0.335 e. The number of nitrogens with one attached hydrogen (secondary N) is 1. The molecule has 0 unspecified atom stereocenters. The number of carbonyl (C=O) groups is 2. The molecule has 2 fully saturated rings. The quantitative estimate of drug-likeness (QED) is 0.537. The fourth-order valence-electron chi connectivity index (χ4n) is 1.69. The molecule has 2 aliphatic carbocycles. The zero-order valence-electron chi connectivity index (χ0n) is 9.11. The summed E-state index contributed by atoms with van der Waals surface area (Å²) in [5.74, 6) is -0.521. The summed E-state index contributed by atoms with van der Waals surface area (Å²) in [4.78, 5) is 24.9. The van der Waals surface area contributed by atoms with Gasteiger partial charge in [-0.2, -0.15) is 5.26 Å². The lowest BCUT2D eigenvalue weighted by Crippen LogP contribution is -2.45. The van der Waals surface area contributed by atoms with Crippen molar-refractivity contribution in [2.75, 3.05) is 13.1 Å². The van der Waals surface area contributed by atoms with E-state index in [-0.39, 0.29) is 12.6 Å². The van der Waals surface area contributed by atoms with Crippen LogP contribution in [0.5, 0.6) is 0 Å². The third-order valence-corrected chi connectivity index (χ3v) is 2.92. The molecule has 2 aliphatic rings. The van der Waals surface area contributed by atoms with Gasteiger partial charge >= 0.3 is 11.8 Å². The van der Waals surface area contributed by atoms with Crippen LogP contribution in [0.25, 0.3) is 0 Å². The molecule has 86 valence electrons. The standard InChI is InChI=1S/C11H15N3O2/c12-5-6-13-10(15)11(16)14(9-3-4-9)7-8-1-2-8/h8-9H,1-4,6-7H2,(H,13,15). The average Bonchev–Trinajstić information content (AvgIpc) is 3.14. The molecule has 1 N–H and O–H groups in total. The van der Waals surface area contributed by atoms with Gasteiger partial charge in [0.25, 0.3) is 0 Å². The van der Waals surface area contributed by atoms with E-state index in [0.29, 0.717) is 12.5 Å². The van der Waals surface area contributed by atoms with Crippen molar-refractivity contribution in [1.82, 2.24) is 10.2 Å². The molecule has 0 heterocycles. The van der Waals surface area contributed by atoms with E-state index in [4.69, 9.17) is 5.26 Å². The fraction of sp³-hybridized carbons (Fsp3) is 0.727. The van der Waals surface area contributed by atoms with Crippen molar-refractivity contribution in [2.24, 2.45) is 5.92 Å². The number of hydrogen-bond acceptors (Lipinski definition) is 3. The first-order valence-electron chi connectivity index (χ1n) is 5.68. The second kappa shape index (κ2) is 4.52. The Hall–Kier alpha value is -1.57. The minimum absolute atomic E-state index is 0.105. The second-order valence-electron chi connectivity index (χ2n) is 4.47. The molecule has 0 saturated heterocycles. The molecular formula is C11H15N3O2.